The summed E-state index contributed by atoms with van der Waals surface area (Å²) >= 11 is 0. The minimum absolute atomic E-state index is 0.900. The van der Waals surface area contributed by atoms with Gasteiger partial charge in [-0.3, -0.25) is 0 Å². The second-order valence-corrected chi connectivity index (χ2v) is 4.85. The van der Waals surface area contributed by atoms with Crippen LogP contribution in [0.25, 0.3) is 0 Å². The molecule has 0 spiro atoms. The van der Waals surface area contributed by atoms with Crippen LogP contribution < -0.4 is 0 Å². The first-order valence-corrected chi connectivity index (χ1v) is 6.24. The van der Waals surface area contributed by atoms with Gasteiger partial charge in [0, 0.05) is 19.6 Å². The molecule has 2 nitrogen and oxygen atoms in total. The number of hydrogen-bond donors (Lipinski definition) is 0. The van der Waals surface area contributed by atoms with Crippen molar-refractivity contribution in [2.24, 2.45) is 5.92 Å². The molecule has 0 aliphatic heterocycles. The van der Waals surface area contributed by atoms with Gasteiger partial charge in [0.05, 0.1) is 0 Å². The molecule has 0 aromatic heterocycles. The van der Waals surface area contributed by atoms with E-state index in [0.29, 0.717) is 0 Å². The highest BCUT2D eigenvalue weighted by Gasteiger charge is 2.13. The van der Waals surface area contributed by atoms with Crippen molar-refractivity contribution in [2.45, 2.75) is 26.2 Å². The van der Waals surface area contributed by atoms with Gasteiger partial charge in [0.25, 0.3) is 0 Å². The van der Waals surface area contributed by atoms with Crippen molar-refractivity contribution >= 4 is 0 Å². The molecule has 1 aliphatic rings. The minimum Gasteiger partial charge on any atom is -0.308 e. The summed E-state index contributed by atoms with van der Waals surface area (Å²) in [4.78, 5) is 4.85. The lowest BCUT2D eigenvalue weighted by molar-refractivity contribution is 0.211. The van der Waals surface area contributed by atoms with E-state index in [1.807, 2.05) is 0 Å². The molecule has 0 fully saturated rings. The second-order valence-electron chi connectivity index (χ2n) is 4.85. The summed E-state index contributed by atoms with van der Waals surface area (Å²) in [6.45, 7) is 7.14. The lowest BCUT2D eigenvalue weighted by atomic mass is 9.94. The Kier molecular flexibility index (Phi) is 5.96. The Morgan fingerprint density at radius 2 is 2.00 bits per heavy atom. The maximum atomic E-state index is 2.59. The highest BCUT2D eigenvalue weighted by Crippen LogP contribution is 2.18. The lowest BCUT2D eigenvalue weighted by Gasteiger charge is -2.28. The Morgan fingerprint density at radius 1 is 1.20 bits per heavy atom. The maximum Gasteiger partial charge on any atom is 0.0109 e. The van der Waals surface area contributed by atoms with E-state index in [4.69, 9.17) is 0 Å². The third kappa shape index (κ3) is 5.33. The van der Waals surface area contributed by atoms with Gasteiger partial charge >= 0.3 is 0 Å². The molecule has 0 saturated heterocycles. The first-order chi connectivity index (χ1) is 7.22. The molecule has 1 atom stereocenters. The van der Waals surface area contributed by atoms with Crippen LogP contribution in [0.2, 0.25) is 0 Å². The Balaban J connectivity index is 2.23. The predicted octanol–water partition coefficient (Wildman–Crippen LogP) is 2.23. The first kappa shape index (κ1) is 12.7. The standard InChI is InChI=1S/C13H26N2/c1-4-15(11-10-14(2)3)12-13-8-6-5-7-9-13/h5-6,13H,4,7-12H2,1-3H3. The first-order valence-electron chi connectivity index (χ1n) is 6.24. The van der Waals surface area contributed by atoms with E-state index in [1.165, 1.54) is 45.4 Å². The van der Waals surface area contributed by atoms with Crippen LogP contribution in [0.3, 0.4) is 0 Å². The van der Waals surface area contributed by atoms with Crippen LogP contribution in [-0.2, 0) is 0 Å². The van der Waals surface area contributed by atoms with Crippen molar-refractivity contribution in [3.8, 4) is 0 Å². The maximum absolute atomic E-state index is 2.59. The number of likely N-dealkylation sites (N-methyl/N-ethyl adjacent to an activating group) is 2. The second kappa shape index (κ2) is 7.02. The van der Waals surface area contributed by atoms with Gasteiger partial charge in [0.1, 0.15) is 0 Å². The topological polar surface area (TPSA) is 6.48 Å². The summed E-state index contributed by atoms with van der Waals surface area (Å²) in [5, 5.41) is 0. The Labute approximate surface area is 94.9 Å². The van der Waals surface area contributed by atoms with Crippen LogP contribution in [0.4, 0.5) is 0 Å². The zero-order chi connectivity index (χ0) is 11.1. The van der Waals surface area contributed by atoms with Gasteiger partial charge in [-0.25, -0.2) is 0 Å². The predicted molar refractivity (Wildman–Crippen MR) is 67.1 cm³/mol. The minimum atomic E-state index is 0.900. The van der Waals surface area contributed by atoms with Crippen LogP contribution in [-0.4, -0.2) is 50.1 Å². The molecular weight excluding hydrogens is 184 g/mol. The summed E-state index contributed by atoms with van der Waals surface area (Å²) in [5.74, 6) is 0.900. The van der Waals surface area contributed by atoms with Gasteiger partial charge in [0.2, 0.25) is 0 Å². The van der Waals surface area contributed by atoms with Crippen LogP contribution in [0.1, 0.15) is 26.2 Å². The molecule has 0 bridgehead atoms. The third-order valence-corrected chi connectivity index (χ3v) is 3.20. The lowest BCUT2D eigenvalue weighted by Crippen LogP contribution is -2.35. The van der Waals surface area contributed by atoms with Gasteiger partial charge in [-0.2, -0.15) is 0 Å². The molecule has 0 saturated carbocycles. The van der Waals surface area contributed by atoms with Gasteiger partial charge in [-0.05, 0) is 45.8 Å². The average molecular weight is 210 g/mol. The molecule has 1 unspecified atom stereocenters. The zero-order valence-corrected chi connectivity index (χ0v) is 10.6. The Morgan fingerprint density at radius 3 is 2.53 bits per heavy atom. The summed E-state index contributed by atoms with van der Waals surface area (Å²) < 4.78 is 0. The van der Waals surface area contributed by atoms with Crippen LogP contribution in [0.5, 0.6) is 0 Å². The zero-order valence-electron chi connectivity index (χ0n) is 10.6. The number of allylic oxidation sites excluding steroid dienone is 2. The summed E-state index contributed by atoms with van der Waals surface area (Å²) in [6.07, 6.45) is 8.64. The van der Waals surface area contributed by atoms with Crippen LogP contribution in [0, 0.1) is 5.92 Å². The van der Waals surface area contributed by atoms with Gasteiger partial charge < -0.3 is 9.80 Å². The fourth-order valence-electron chi connectivity index (χ4n) is 2.11. The highest BCUT2D eigenvalue weighted by molar-refractivity contribution is 4.90. The molecule has 15 heavy (non-hydrogen) atoms. The molecule has 1 aliphatic carbocycles. The number of nitrogens with zero attached hydrogens (tertiary/aromatic N) is 2. The number of hydrogen-bond acceptors (Lipinski definition) is 2. The molecule has 0 N–H and O–H groups in total. The fourth-order valence-corrected chi connectivity index (χ4v) is 2.11. The quantitative estimate of drug-likeness (QED) is 0.620. The monoisotopic (exact) mass is 210 g/mol. The molecule has 0 amide bonds. The summed E-state index contributed by atoms with van der Waals surface area (Å²) in [7, 11) is 4.30. The van der Waals surface area contributed by atoms with E-state index >= 15 is 0 Å². The van der Waals surface area contributed by atoms with Crippen molar-refractivity contribution in [1.82, 2.24) is 9.80 Å². The molecule has 0 aromatic rings. The molecule has 0 aromatic carbocycles. The summed E-state index contributed by atoms with van der Waals surface area (Å²) in [6, 6.07) is 0. The molecule has 88 valence electrons. The molecule has 1 rings (SSSR count). The van der Waals surface area contributed by atoms with Gasteiger partial charge in [0.15, 0.2) is 0 Å². The molecule has 2 heteroatoms. The average Bonchev–Trinajstić information content (AvgIpc) is 2.25. The molecular formula is C13H26N2. The van der Waals surface area contributed by atoms with E-state index in [1.54, 1.807) is 0 Å². The highest BCUT2D eigenvalue weighted by atomic mass is 15.2. The van der Waals surface area contributed by atoms with E-state index in [9.17, 15) is 0 Å². The smallest absolute Gasteiger partial charge is 0.0109 e. The molecule has 0 heterocycles. The van der Waals surface area contributed by atoms with Gasteiger partial charge in [-0.15, -0.1) is 0 Å². The fraction of sp³-hybridized carbons (Fsp3) is 0.846. The normalized spacial score (nSPS) is 21.5. The Bertz CT molecular complexity index is 187. The van der Waals surface area contributed by atoms with Crippen molar-refractivity contribution in [3.63, 3.8) is 0 Å². The van der Waals surface area contributed by atoms with E-state index < -0.39 is 0 Å². The van der Waals surface area contributed by atoms with E-state index in [2.05, 4.69) is 43.0 Å². The number of rotatable bonds is 6. The molecule has 0 radical (unpaired) electrons. The van der Waals surface area contributed by atoms with Crippen LogP contribution >= 0.6 is 0 Å². The summed E-state index contributed by atoms with van der Waals surface area (Å²) in [5.41, 5.74) is 0. The van der Waals surface area contributed by atoms with Crippen LogP contribution in [0.15, 0.2) is 12.2 Å². The van der Waals surface area contributed by atoms with Crippen molar-refractivity contribution in [2.75, 3.05) is 40.3 Å². The Hall–Kier alpha value is -0.340. The van der Waals surface area contributed by atoms with E-state index in [-0.39, 0.29) is 0 Å². The largest absolute Gasteiger partial charge is 0.308 e. The van der Waals surface area contributed by atoms with Gasteiger partial charge in [-0.1, -0.05) is 19.1 Å². The van der Waals surface area contributed by atoms with E-state index in [0.717, 1.165) is 5.92 Å². The van der Waals surface area contributed by atoms with Crippen molar-refractivity contribution in [3.05, 3.63) is 12.2 Å². The van der Waals surface area contributed by atoms with Crippen molar-refractivity contribution < 1.29 is 0 Å². The third-order valence-electron chi connectivity index (χ3n) is 3.20. The SMILES string of the molecule is CCN(CCN(C)C)CC1CC=CCC1. The van der Waals surface area contributed by atoms with Crippen molar-refractivity contribution in [1.29, 1.82) is 0 Å².